The van der Waals surface area contributed by atoms with Crippen molar-refractivity contribution in [2.75, 3.05) is 5.73 Å². The van der Waals surface area contributed by atoms with E-state index in [9.17, 15) is 4.79 Å². The van der Waals surface area contributed by atoms with Gasteiger partial charge in [-0.1, -0.05) is 26.7 Å². The maximum Gasteiger partial charge on any atom is 0.356 e. The van der Waals surface area contributed by atoms with Gasteiger partial charge in [0.1, 0.15) is 5.82 Å². The Bertz CT molecular complexity index is 431. The lowest BCUT2D eigenvalue weighted by Gasteiger charge is -2.12. The van der Waals surface area contributed by atoms with Gasteiger partial charge in [0.25, 0.3) is 0 Å². The molecular formula is C12H19N3O2. The Morgan fingerprint density at radius 2 is 2.06 bits per heavy atom. The molecule has 0 saturated heterocycles. The summed E-state index contributed by atoms with van der Waals surface area (Å²) in [5.41, 5.74) is 6.85. The van der Waals surface area contributed by atoms with Gasteiger partial charge in [-0.25, -0.2) is 9.48 Å². The van der Waals surface area contributed by atoms with Crippen LogP contribution in [0.1, 0.15) is 67.5 Å². The lowest BCUT2D eigenvalue weighted by atomic mass is 10.0. The van der Waals surface area contributed by atoms with Crippen LogP contribution < -0.4 is 5.73 Å². The highest BCUT2D eigenvalue weighted by Crippen LogP contribution is 2.35. The normalized spacial score (nSPS) is 16.9. The van der Waals surface area contributed by atoms with Gasteiger partial charge >= 0.3 is 5.97 Å². The van der Waals surface area contributed by atoms with E-state index in [4.69, 9.17) is 10.8 Å². The van der Waals surface area contributed by atoms with Crippen molar-refractivity contribution in [3.63, 3.8) is 0 Å². The Morgan fingerprint density at radius 3 is 2.47 bits per heavy atom. The van der Waals surface area contributed by atoms with E-state index >= 15 is 0 Å². The second-order valence-electron chi connectivity index (χ2n) is 4.99. The summed E-state index contributed by atoms with van der Waals surface area (Å²) in [5, 5.41) is 13.4. The molecular weight excluding hydrogens is 218 g/mol. The second kappa shape index (κ2) is 4.39. The van der Waals surface area contributed by atoms with Crippen LogP contribution in [0.15, 0.2) is 0 Å². The van der Waals surface area contributed by atoms with Gasteiger partial charge in [0.15, 0.2) is 5.69 Å². The topological polar surface area (TPSA) is 81.1 Å². The molecule has 5 heteroatoms. The molecule has 17 heavy (non-hydrogen) atoms. The highest BCUT2D eigenvalue weighted by atomic mass is 16.4. The Hall–Kier alpha value is -1.52. The zero-order valence-corrected chi connectivity index (χ0v) is 10.3. The van der Waals surface area contributed by atoms with E-state index in [-0.39, 0.29) is 17.7 Å². The van der Waals surface area contributed by atoms with Crippen molar-refractivity contribution in [2.24, 2.45) is 0 Å². The van der Waals surface area contributed by atoms with Crippen LogP contribution in [-0.4, -0.2) is 20.9 Å². The van der Waals surface area contributed by atoms with Gasteiger partial charge in [-0.15, -0.1) is 0 Å². The average molecular weight is 237 g/mol. The second-order valence-corrected chi connectivity index (χ2v) is 4.99. The molecule has 0 radical (unpaired) electrons. The maximum atomic E-state index is 11.2. The summed E-state index contributed by atoms with van der Waals surface area (Å²) in [6, 6.07) is 0.278. The third kappa shape index (κ3) is 2.01. The molecule has 0 atom stereocenters. The Balaban J connectivity index is 2.47. The molecule has 94 valence electrons. The van der Waals surface area contributed by atoms with Crippen LogP contribution in [0.2, 0.25) is 0 Å². The zero-order chi connectivity index (χ0) is 12.6. The molecule has 1 heterocycles. The van der Waals surface area contributed by atoms with E-state index in [1.54, 1.807) is 4.68 Å². The smallest absolute Gasteiger partial charge is 0.356 e. The largest absolute Gasteiger partial charge is 0.476 e. The molecule has 1 aromatic rings. The quantitative estimate of drug-likeness (QED) is 0.845. The molecule has 2 rings (SSSR count). The molecule has 0 aliphatic heterocycles. The third-order valence-electron chi connectivity index (χ3n) is 3.44. The molecule has 1 saturated carbocycles. The number of aromatic nitrogens is 2. The number of carboxylic acid groups (broad SMARTS) is 1. The summed E-state index contributed by atoms with van der Waals surface area (Å²) >= 11 is 0. The molecule has 0 unspecified atom stereocenters. The predicted octanol–water partition coefficient (Wildman–Crippen LogP) is 2.40. The molecule has 1 fully saturated rings. The Kier molecular flexibility index (Phi) is 3.09. The van der Waals surface area contributed by atoms with Gasteiger partial charge in [0, 0.05) is 5.56 Å². The van der Waals surface area contributed by atoms with E-state index in [2.05, 4.69) is 5.10 Å². The van der Waals surface area contributed by atoms with Gasteiger partial charge < -0.3 is 10.8 Å². The number of nitrogens with zero attached hydrogens (tertiary/aromatic N) is 2. The number of aromatic carboxylic acids is 1. The summed E-state index contributed by atoms with van der Waals surface area (Å²) in [6.45, 7) is 3.89. The molecule has 1 aliphatic rings. The molecule has 1 aliphatic carbocycles. The first-order valence-corrected chi connectivity index (χ1v) is 6.13. The fourth-order valence-electron chi connectivity index (χ4n) is 2.61. The summed E-state index contributed by atoms with van der Waals surface area (Å²) in [5.74, 6) is -0.377. The summed E-state index contributed by atoms with van der Waals surface area (Å²) in [6.07, 6.45) is 4.43. The van der Waals surface area contributed by atoms with Crippen molar-refractivity contribution in [1.29, 1.82) is 0 Å². The van der Waals surface area contributed by atoms with Crippen molar-refractivity contribution < 1.29 is 9.90 Å². The van der Waals surface area contributed by atoms with Crippen LogP contribution in [0.4, 0.5) is 5.82 Å². The summed E-state index contributed by atoms with van der Waals surface area (Å²) in [7, 11) is 0. The zero-order valence-electron chi connectivity index (χ0n) is 10.3. The summed E-state index contributed by atoms with van der Waals surface area (Å²) in [4.78, 5) is 11.2. The predicted molar refractivity (Wildman–Crippen MR) is 65.2 cm³/mol. The van der Waals surface area contributed by atoms with Gasteiger partial charge in [-0.3, -0.25) is 0 Å². The molecule has 0 bridgehead atoms. The first-order valence-electron chi connectivity index (χ1n) is 6.13. The fourth-order valence-corrected chi connectivity index (χ4v) is 2.61. The first kappa shape index (κ1) is 12.0. The van der Waals surface area contributed by atoms with Crippen LogP contribution >= 0.6 is 0 Å². The summed E-state index contributed by atoms with van der Waals surface area (Å²) < 4.78 is 1.73. The third-order valence-corrected chi connectivity index (χ3v) is 3.44. The van der Waals surface area contributed by atoms with E-state index in [1.807, 2.05) is 13.8 Å². The van der Waals surface area contributed by atoms with Crippen molar-refractivity contribution in [3.8, 4) is 0 Å². The standard InChI is InChI=1S/C12H19N3O2/c1-7(2)9-10(12(16)17)14-15(11(9)13)8-5-3-4-6-8/h7-8H,3-6,13H2,1-2H3,(H,16,17). The van der Waals surface area contributed by atoms with Gasteiger partial charge in [-0.05, 0) is 18.8 Å². The molecule has 0 amide bonds. The van der Waals surface area contributed by atoms with Gasteiger partial charge in [0.05, 0.1) is 6.04 Å². The minimum Gasteiger partial charge on any atom is -0.476 e. The Labute approximate surface area is 101 Å². The lowest BCUT2D eigenvalue weighted by molar-refractivity contribution is 0.0687. The highest BCUT2D eigenvalue weighted by molar-refractivity contribution is 5.89. The number of hydrogen-bond acceptors (Lipinski definition) is 3. The van der Waals surface area contributed by atoms with E-state index < -0.39 is 5.97 Å². The monoisotopic (exact) mass is 237 g/mol. The number of nitrogens with two attached hydrogens (primary N) is 1. The van der Waals surface area contributed by atoms with Crippen LogP contribution in [0.25, 0.3) is 0 Å². The first-order chi connectivity index (χ1) is 8.02. The number of carbonyl (C=O) groups is 1. The van der Waals surface area contributed by atoms with Crippen molar-refractivity contribution in [1.82, 2.24) is 9.78 Å². The molecule has 0 spiro atoms. The maximum absolute atomic E-state index is 11.2. The molecule has 0 aromatic carbocycles. The van der Waals surface area contributed by atoms with Crippen LogP contribution in [0.5, 0.6) is 0 Å². The number of rotatable bonds is 3. The molecule has 1 aromatic heterocycles. The minimum atomic E-state index is -0.989. The molecule has 3 N–H and O–H groups in total. The van der Waals surface area contributed by atoms with Crippen molar-refractivity contribution in [2.45, 2.75) is 51.5 Å². The van der Waals surface area contributed by atoms with Crippen molar-refractivity contribution >= 4 is 11.8 Å². The van der Waals surface area contributed by atoms with Crippen molar-refractivity contribution in [3.05, 3.63) is 11.3 Å². The Morgan fingerprint density at radius 1 is 1.47 bits per heavy atom. The number of hydrogen-bond donors (Lipinski definition) is 2. The minimum absolute atomic E-state index is 0.0799. The average Bonchev–Trinajstić information content (AvgIpc) is 2.83. The van der Waals surface area contributed by atoms with E-state index in [0.717, 1.165) is 12.8 Å². The highest BCUT2D eigenvalue weighted by Gasteiger charge is 2.27. The van der Waals surface area contributed by atoms with Crippen LogP contribution in [0.3, 0.4) is 0 Å². The molecule has 5 nitrogen and oxygen atoms in total. The number of carboxylic acids is 1. The van der Waals surface area contributed by atoms with Gasteiger partial charge in [-0.2, -0.15) is 5.10 Å². The fraction of sp³-hybridized carbons (Fsp3) is 0.667. The number of anilines is 1. The van der Waals surface area contributed by atoms with E-state index in [1.165, 1.54) is 12.8 Å². The van der Waals surface area contributed by atoms with Crippen LogP contribution in [-0.2, 0) is 0 Å². The van der Waals surface area contributed by atoms with E-state index in [0.29, 0.717) is 11.4 Å². The number of nitrogen functional groups attached to an aromatic ring is 1. The van der Waals surface area contributed by atoms with Crippen LogP contribution in [0, 0.1) is 0 Å². The SMILES string of the molecule is CC(C)c1c(C(=O)O)nn(C2CCCC2)c1N. The lowest BCUT2D eigenvalue weighted by Crippen LogP contribution is -2.11. The van der Waals surface area contributed by atoms with Gasteiger partial charge in [0.2, 0.25) is 0 Å².